The number of rotatable bonds is 6. The van der Waals surface area contributed by atoms with E-state index >= 15 is 0 Å². The van der Waals surface area contributed by atoms with E-state index in [4.69, 9.17) is 28.7 Å². The largest absolute Gasteiger partial charge is 0.322 e. The minimum Gasteiger partial charge on any atom is -0.322 e. The molecule has 0 unspecified atom stereocenters. The van der Waals surface area contributed by atoms with Crippen molar-refractivity contribution in [3.8, 4) is 0 Å². The second kappa shape index (κ2) is 10.9. The monoisotopic (exact) mass is 440 g/mol. The summed E-state index contributed by atoms with van der Waals surface area (Å²) in [4.78, 5) is 22.3. The van der Waals surface area contributed by atoms with E-state index in [1.54, 1.807) is 18.2 Å². The van der Waals surface area contributed by atoms with Gasteiger partial charge < -0.3 is 15.1 Å². The number of carbonyl (C=O) groups is 1. The second-order valence-electron chi connectivity index (χ2n) is 7.62. The Morgan fingerprint density at radius 2 is 1.97 bits per heavy atom. The van der Waals surface area contributed by atoms with Gasteiger partial charge in [-0.3, -0.25) is 4.90 Å². The van der Waals surface area contributed by atoms with E-state index in [0.717, 1.165) is 39.3 Å². The maximum absolute atomic E-state index is 12.5. The van der Waals surface area contributed by atoms with Crippen LogP contribution in [0.3, 0.4) is 0 Å². The summed E-state index contributed by atoms with van der Waals surface area (Å²) in [6, 6.07) is 5.00. The summed E-state index contributed by atoms with van der Waals surface area (Å²) in [6.45, 7) is 7.93. The highest BCUT2D eigenvalue weighted by Gasteiger charge is 2.26. The Balaban J connectivity index is 1.41. The number of nitrogens with one attached hydrogen (secondary N) is 2. The lowest BCUT2D eigenvalue weighted by Gasteiger charge is -2.39. The average molecular weight is 441 g/mol. The number of halogens is 2. The van der Waals surface area contributed by atoms with Crippen LogP contribution in [0.4, 0.5) is 10.5 Å². The number of piperazine rings is 1. The first-order valence-corrected chi connectivity index (χ1v) is 10.8. The molecular formula is C19H28Cl2N7O+. The summed E-state index contributed by atoms with van der Waals surface area (Å²) in [7, 11) is 0. The van der Waals surface area contributed by atoms with Gasteiger partial charge in [0.2, 0.25) is 4.91 Å². The number of nitrogens with zero attached hydrogens (tertiary/aromatic N) is 5. The molecule has 158 valence electrons. The van der Waals surface area contributed by atoms with Gasteiger partial charge in [-0.05, 0) is 43.5 Å². The van der Waals surface area contributed by atoms with Crippen LogP contribution >= 0.6 is 23.2 Å². The van der Waals surface area contributed by atoms with Crippen molar-refractivity contribution in [2.24, 2.45) is 11.0 Å². The lowest BCUT2D eigenvalue weighted by molar-refractivity contribution is 0.102. The molecule has 2 aliphatic rings. The summed E-state index contributed by atoms with van der Waals surface area (Å²) in [5.74, 6) is 0.647. The van der Waals surface area contributed by atoms with Gasteiger partial charge in [0.05, 0.1) is 10.0 Å². The van der Waals surface area contributed by atoms with E-state index in [2.05, 4.69) is 25.1 Å². The van der Waals surface area contributed by atoms with Crippen LogP contribution in [0.5, 0.6) is 0 Å². The van der Waals surface area contributed by atoms with Crippen molar-refractivity contribution >= 4 is 34.9 Å². The standard InChI is InChI=1S/C19H27Cl2N7O/c20-17-4-3-16(12-18(17)21)24-19(29)28-10-8-27(9-11-28)14-15-2-1-6-26(13-15)7-5-23-25-22/h3-4,12,15,22H,1-2,5-11,13-14H2/p+1/t15-/m1/s1. The molecule has 2 saturated heterocycles. The Morgan fingerprint density at radius 3 is 2.69 bits per heavy atom. The number of anilines is 1. The molecule has 2 amide bonds. The number of amides is 2. The van der Waals surface area contributed by atoms with Gasteiger partial charge in [-0.25, -0.2) is 4.79 Å². The number of urea groups is 1. The van der Waals surface area contributed by atoms with Crippen LogP contribution in [0.1, 0.15) is 12.8 Å². The quantitative estimate of drug-likeness (QED) is 0.524. The fourth-order valence-electron chi connectivity index (χ4n) is 4.01. The SMILES string of the molecule is N=[N+]=NCCN1CCC[C@@H](CN2CCN(C(=O)Nc3ccc(Cl)c(Cl)c3)CC2)C1. The molecule has 29 heavy (non-hydrogen) atoms. The zero-order valence-electron chi connectivity index (χ0n) is 16.5. The van der Waals surface area contributed by atoms with Crippen LogP contribution < -0.4 is 10.2 Å². The molecule has 10 heteroatoms. The molecule has 3 rings (SSSR count). The summed E-state index contributed by atoms with van der Waals surface area (Å²) in [5, 5.41) is 7.55. The Morgan fingerprint density at radius 1 is 1.17 bits per heavy atom. The molecule has 0 aromatic heterocycles. The highest BCUT2D eigenvalue weighted by Crippen LogP contribution is 2.25. The first-order valence-electron chi connectivity index (χ1n) is 10.0. The van der Waals surface area contributed by atoms with E-state index in [1.165, 1.54) is 12.8 Å². The third kappa shape index (κ3) is 6.66. The van der Waals surface area contributed by atoms with E-state index in [-0.39, 0.29) is 6.03 Å². The smallest absolute Gasteiger partial charge is 0.321 e. The number of hydrogen-bond acceptors (Lipinski definition) is 5. The van der Waals surface area contributed by atoms with Crippen LogP contribution in [0.2, 0.25) is 10.0 Å². The summed E-state index contributed by atoms with van der Waals surface area (Å²) >= 11 is 11.9. The second-order valence-corrected chi connectivity index (χ2v) is 8.43. The zero-order chi connectivity index (χ0) is 20.6. The molecule has 0 spiro atoms. The maximum atomic E-state index is 12.5. The lowest BCUT2D eigenvalue weighted by Crippen LogP contribution is -2.52. The Kier molecular flexibility index (Phi) is 8.27. The molecule has 2 fully saturated rings. The van der Waals surface area contributed by atoms with Crippen molar-refractivity contribution in [3.63, 3.8) is 0 Å². The van der Waals surface area contributed by atoms with Gasteiger partial charge in [0.1, 0.15) is 17.2 Å². The molecule has 2 N–H and O–H groups in total. The van der Waals surface area contributed by atoms with E-state index in [0.29, 0.717) is 41.3 Å². The maximum Gasteiger partial charge on any atom is 0.321 e. The fourth-order valence-corrected chi connectivity index (χ4v) is 4.31. The van der Waals surface area contributed by atoms with Crippen LogP contribution in [0, 0.1) is 11.4 Å². The molecule has 1 atom stereocenters. The van der Waals surface area contributed by atoms with Crippen molar-refractivity contribution in [2.75, 3.05) is 64.2 Å². The molecule has 1 aromatic rings. The Bertz CT molecular complexity index is 748. The van der Waals surface area contributed by atoms with Gasteiger partial charge >= 0.3 is 6.03 Å². The van der Waals surface area contributed by atoms with Gasteiger partial charge in [-0.2, -0.15) is 0 Å². The average Bonchev–Trinajstić information content (AvgIpc) is 2.72. The third-order valence-electron chi connectivity index (χ3n) is 5.54. The van der Waals surface area contributed by atoms with Gasteiger partial charge in [0, 0.05) is 51.5 Å². The topological polar surface area (TPSA) is 89.1 Å². The first kappa shape index (κ1) is 22.0. The molecular weight excluding hydrogens is 413 g/mol. The number of benzene rings is 1. The molecule has 1 aromatic carbocycles. The predicted molar refractivity (Wildman–Crippen MR) is 115 cm³/mol. The molecule has 8 nitrogen and oxygen atoms in total. The van der Waals surface area contributed by atoms with Gasteiger partial charge in [0.25, 0.3) is 0 Å². The normalized spacial score (nSPS) is 20.9. The molecule has 0 saturated carbocycles. The van der Waals surface area contributed by atoms with Crippen LogP contribution in [0.25, 0.3) is 0 Å². The molecule has 0 bridgehead atoms. The molecule has 2 aliphatic heterocycles. The van der Waals surface area contributed by atoms with Crippen molar-refractivity contribution in [3.05, 3.63) is 28.2 Å². The van der Waals surface area contributed by atoms with Crippen LogP contribution in [-0.4, -0.2) is 79.6 Å². The highest BCUT2D eigenvalue weighted by atomic mass is 35.5. The zero-order valence-corrected chi connectivity index (χ0v) is 18.0. The minimum absolute atomic E-state index is 0.101. The number of likely N-dealkylation sites (tertiary alicyclic amines) is 1. The van der Waals surface area contributed by atoms with Crippen LogP contribution in [-0.2, 0) is 0 Å². The summed E-state index contributed by atoms with van der Waals surface area (Å²) < 4.78 is 0. The van der Waals surface area contributed by atoms with Crippen molar-refractivity contribution < 1.29 is 4.79 Å². The molecule has 0 aliphatic carbocycles. The third-order valence-corrected chi connectivity index (χ3v) is 6.28. The van der Waals surface area contributed by atoms with Gasteiger partial charge in [-0.15, -0.1) is 0 Å². The molecule has 0 radical (unpaired) electrons. The van der Waals surface area contributed by atoms with Crippen molar-refractivity contribution in [2.45, 2.75) is 12.8 Å². The highest BCUT2D eigenvalue weighted by molar-refractivity contribution is 6.42. The van der Waals surface area contributed by atoms with Crippen molar-refractivity contribution in [1.29, 1.82) is 5.53 Å². The fraction of sp³-hybridized carbons (Fsp3) is 0.632. The van der Waals surface area contributed by atoms with E-state index in [9.17, 15) is 4.79 Å². The Hall–Kier alpha value is -1.70. The van der Waals surface area contributed by atoms with Crippen molar-refractivity contribution in [1.82, 2.24) is 19.6 Å². The predicted octanol–water partition coefficient (Wildman–Crippen LogP) is 3.41. The van der Waals surface area contributed by atoms with Gasteiger partial charge in [0.15, 0.2) is 0 Å². The summed E-state index contributed by atoms with van der Waals surface area (Å²) in [5.41, 5.74) is 7.40. The van der Waals surface area contributed by atoms with Crippen LogP contribution in [0.15, 0.2) is 23.3 Å². The lowest BCUT2D eigenvalue weighted by atomic mass is 9.97. The van der Waals surface area contributed by atoms with E-state index in [1.807, 2.05) is 4.90 Å². The number of hydrogen-bond donors (Lipinski definition) is 2. The molecule has 2 heterocycles. The summed E-state index contributed by atoms with van der Waals surface area (Å²) in [6.07, 6.45) is 2.45. The number of carbonyl (C=O) groups excluding carboxylic acids is 1. The first-order chi connectivity index (χ1) is 14.0. The minimum atomic E-state index is -0.101. The van der Waals surface area contributed by atoms with E-state index < -0.39 is 0 Å². The van der Waals surface area contributed by atoms with Gasteiger partial charge in [-0.1, -0.05) is 23.2 Å². The number of piperidine rings is 1. The Labute approximate surface area is 181 Å².